The molecule has 0 spiro atoms. The van der Waals surface area contributed by atoms with Gasteiger partial charge in [0.2, 0.25) is 0 Å². The molecule has 0 saturated heterocycles. The van der Waals surface area contributed by atoms with Crippen molar-refractivity contribution in [1.29, 1.82) is 0 Å². The second kappa shape index (κ2) is 9.43. The molecular weight excluding hydrogens is 370 g/mol. The summed E-state index contributed by atoms with van der Waals surface area (Å²) >= 11 is 0. The van der Waals surface area contributed by atoms with Gasteiger partial charge < -0.3 is 25.0 Å². The highest BCUT2D eigenvalue weighted by Crippen LogP contribution is 2.32. The number of quaternary nitrogens is 1. The van der Waals surface area contributed by atoms with E-state index in [2.05, 4.69) is 10.6 Å². The third-order valence-corrected chi connectivity index (χ3v) is 4.70. The number of rotatable bonds is 7. The molecular formula is C22H28N3O4+. The number of amides is 2. The second-order valence-corrected chi connectivity index (χ2v) is 7.42. The molecule has 154 valence electrons. The SMILES string of the molecule is Cc1ccc(NC(=O)C[NH+](C)CC(=O)N[C@H](C)c2ccc3c(c2)OCCO3)cc1. The Kier molecular flexibility index (Phi) is 6.72. The highest BCUT2D eigenvalue weighted by atomic mass is 16.6. The molecule has 0 fully saturated rings. The van der Waals surface area contributed by atoms with Crippen molar-refractivity contribution in [3.05, 3.63) is 53.6 Å². The number of carbonyl (C=O) groups is 2. The normalized spacial score (nSPS) is 14.6. The standard InChI is InChI=1S/C22H27N3O4/c1-15-4-7-18(8-5-15)24-22(27)14-25(3)13-21(26)23-16(2)17-6-9-19-20(12-17)29-11-10-28-19/h4-9,12,16H,10-11,13-14H2,1-3H3,(H,23,26)(H,24,27)/p+1/t16-/m1/s1. The average Bonchev–Trinajstić information content (AvgIpc) is 2.69. The molecule has 3 N–H and O–H groups in total. The molecule has 2 atom stereocenters. The van der Waals surface area contributed by atoms with Gasteiger partial charge >= 0.3 is 0 Å². The Morgan fingerprint density at radius 1 is 1.00 bits per heavy atom. The lowest BCUT2D eigenvalue weighted by Gasteiger charge is -2.21. The van der Waals surface area contributed by atoms with Crippen molar-refractivity contribution in [2.24, 2.45) is 0 Å². The first-order valence-corrected chi connectivity index (χ1v) is 9.77. The lowest BCUT2D eigenvalue weighted by atomic mass is 10.1. The zero-order valence-electron chi connectivity index (χ0n) is 17.1. The number of hydrogen-bond donors (Lipinski definition) is 3. The lowest BCUT2D eigenvalue weighted by molar-refractivity contribution is -0.862. The zero-order chi connectivity index (χ0) is 20.8. The second-order valence-electron chi connectivity index (χ2n) is 7.42. The summed E-state index contributed by atoms with van der Waals surface area (Å²) in [6.45, 7) is 5.40. The quantitative estimate of drug-likeness (QED) is 0.652. The number of nitrogens with one attached hydrogen (secondary N) is 3. The zero-order valence-corrected chi connectivity index (χ0v) is 17.1. The molecule has 2 amide bonds. The van der Waals surface area contributed by atoms with Gasteiger partial charge in [-0.05, 0) is 43.7 Å². The fraction of sp³-hybridized carbons (Fsp3) is 0.364. The Labute approximate surface area is 171 Å². The van der Waals surface area contributed by atoms with E-state index in [4.69, 9.17) is 9.47 Å². The summed E-state index contributed by atoms with van der Waals surface area (Å²) in [4.78, 5) is 25.4. The number of ether oxygens (including phenoxy) is 2. The smallest absolute Gasteiger partial charge is 0.279 e. The van der Waals surface area contributed by atoms with E-state index in [0.717, 1.165) is 27.5 Å². The molecule has 3 rings (SSSR count). The van der Waals surface area contributed by atoms with Crippen LogP contribution in [-0.4, -0.2) is 45.2 Å². The molecule has 1 aliphatic heterocycles. The van der Waals surface area contributed by atoms with Crippen LogP contribution in [0.2, 0.25) is 0 Å². The van der Waals surface area contributed by atoms with Crippen LogP contribution in [-0.2, 0) is 9.59 Å². The van der Waals surface area contributed by atoms with Crippen molar-refractivity contribution in [1.82, 2.24) is 5.32 Å². The highest BCUT2D eigenvalue weighted by Gasteiger charge is 2.18. The molecule has 0 radical (unpaired) electrons. The van der Waals surface area contributed by atoms with E-state index in [1.165, 1.54) is 0 Å². The van der Waals surface area contributed by atoms with Crippen molar-refractivity contribution in [3.63, 3.8) is 0 Å². The Morgan fingerprint density at radius 3 is 2.38 bits per heavy atom. The van der Waals surface area contributed by atoms with Gasteiger partial charge in [-0.1, -0.05) is 23.8 Å². The van der Waals surface area contributed by atoms with Gasteiger partial charge in [0, 0.05) is 5.69 Å². The molecule has 0 bridgehead atoms. The molecule has 1 unspecified atom stereocenters. The lowest BCUT2D eigenvalue weighted by Crippen LogP contribution is -3.11. The fourth-order valence-electron chi connectivity index (χ4n) is 3.16. The molecule has 2 aromatic rings. The summed E-state index contributed by atoms with van der Waals surface area (Å²) in [7, 11) is 1.82. The number of aryl methyl sites for hydroxylation is 1. The molecule has 2 aromatic carbocycles. The Bertz CT molecular complexity index is 867. The number of anilines is 1. The molecule has 0 aliphatic carbocycles. The Balaban J connectivity index is 1.46. The van der Waals surface area contributed by atoms with Crippen LogP contribution in [0.25, 0.3) is 0 Å². The topological polar surface area (TPSA) is 81.1 Å². The Morgan fingerprint density at radius 2 is 1.66 bits per heavy atom. The summed E-state index contributed by atoms with van der Waals surface area (Å²) in [6, 6.07) is 13.1. The summed E-state index contributed by atoms with van der Waals surface area (Å²) in [5.41, 5.74) is 2.83. The molecule has 1 heterocycles. The van der Waals surface area contributed by atoms with Gasteiger partial charge in [-0.3, -0.25) is 9.59 Å². The third kappa shape index (κ3) is 5.96. The molecule has 1 aliphatic rings. The van der Waals surface area contributed by atoms with Gasteiger partial charge in [0.25, 0.3) is 11.8 Å². The number of carbonyl (C=O) groups excluding carboxylic acids is 2. The molecule has 7 nitrogen and oxygen atoms in total. The first-order valence-electron chi connectivity index (χ1n) is 9.77. The number of likely N-dealkylation sites (N-methyl/N-ethyl adjacent to an activating group) is 1. The first-order chi connectivity index (χ1) is 13.9. The van der Waals surface area contributed by atoms with Crippen LogP contribution in [0.15, 0.2) is 42.5 Å². The maximum atomic E-state index is 12.4. The van der Waals surface area contributed by atoms with Crippen LogP contribution in [0, 0.1) is 6.92 Å². The fourth-order valence-corrected chi connectivity index (χ4v) is 3.16. The molecule has 7 heteroatoms. The highest BCUT2D eigenvalue weighted by molar-refractivity contribution is 5.91. The minimum absolute atomic E-state index is 0.118. The van der Waals surface area contributed by atoms with Gasteiger partial charge in [-0.15, -0.1) is 0 Å². The van der Waals surface area contributed by atoms with Crippen molar-refractivity contribution in [3.8, 4) is 11.5 Å². The Hall–Kier alpha value is -3.06. The van der Waals surface area contributed by atoms with E-state index >= 15 is 0 Å². The van der Waals surface area contributed by atoms with E-state index in [0.29, 0.717) is 19.0 Å². The third-order valence-electron chi connectivity index (χ3n) is 4.70. The van der Waals surface area contributed by atoms with Crippen LogP contribution in [0.5, 0.6) is 11.5 Å². The minimum Gasteiger partial charge on any atom is -0.486 e. The van der Waals surface area contributed by atoms with E-state index in [1.54, 1.807) is 0 Å². The summed E-state index contributed by atoms with van der Waals surface area (Å²) < 4.78 is 11.1. The van der Waals surface area contributed by atoms with E-state index < -0.39 is 0 Å². The van der Waals surface area contributed by atoms with Gasteiger partial charge in [-0.2, -0.15) is 0 Å². The van der Waals surface area contributed by atoms with Crippen molar-refractivity contribution < 1.29 is 24.0 Å². The predicted molar refractivity (Wildman–Crippen MR) is 110 cm³/mol. The summed E-state index contributed by atoms with van der Waals surface area (Å²) in [5, 5.41) is 5.83. The first kappa shape index (κ1) is 20.7. The van der Waals surface area contributed by atoms with Gasteiger partial charge in [0.1, 0.15) is 13.2 Å². The van der Waals surface area contributed by atoms with Crippen molar-refractivity contribution in [2.45, 2.75) is 19.9 Å². The maximum absolute atomic E-state index is 12.4. The average molecular weight is 398 g/mol. The van der Waals surface area contributed by atoms with Crippen molar-refractivity contribution in [2.75, 3.05) is 38.7 Å². The van der Waals surface area contributed by atoms with Crippen LogP contribution in [0.1, 0.15) is 24.1 Å². The minimum atomic E-state index is -0.174. The number of benzene rings is 2. The van der Waals surface area contributed by atoms with E-state index in [9.17, 15) is 9.59 Å². The predicted octanol–water partition coefficient (Wildman–Crippen LogP) is 1.10. The molecule has 0 aromatic heterocycles. The van der Waals surface area contributed by atoms with Crippen LogP contribution in [0.3, 0.4) is 0 Å². The van der Waals surface area contributed by atoms with Gasteiger partial charge in [0.05, 0.1) is 13.1 Å². The van der Waals surface area contributed by atoms with E-state index in [-0.39, 0.29) is 30.9 Å². The van der Waals surface area contributed by atoms with Crippen LogP contribution < -0.4 is 25.0 Å². The van der Waals surface area contributed by atoms with Gasteiger partial charge in [-0.25, -0.2) is 0 Å². The summed E-state index contributed by atoms with van der Waals surface area (Å²) in [5.74, 6) is 1.18. The monoisotopic (exact) mass is 398 g/mol. The van der Waals surface area contributed by atoms with Crippen LogP contribution in [0.4, 0.5) is 5.69 Å². The largest absolute Gasteiger partial charge is 0.486 e. The molecule has 0 saturated carbocycles. The van der Waals surface area contributed by atoms with E-state index in [1.807, 2.05) is 63.4 Å². The van der Waals surface area contributed by atoms with Crippen molar-refractivity contribution >= 4 is 17.5 Å². The van der Waals surface area contributed by atoms with Crippen LogP contribution >= 0.6 is 0 Å². The summed E-state index contributed by atoms with van der Waals surface area (Å²) in [6.07, 6.45) is 0. The molecule has 29 heavy (non-hydrogen) atoms. The van der Waals surface area contributed by atoms with Gasteiger partial charge in [0.15, 0.2) is 24.6 Å². The number of fused-ring (bicyclic) bond motifs is 1. The maximum Gasteiger partial charge on any atom is 0.279 e. The number of hydrogen-bond acceptors (Lipinski definition) is 4.